The highest BCUT2D eigenvalue weighted by atomic mass is 19.1. The Morgan fingerprint density at radius 1 is 1.48 bits per heavy atom. The molecule has 0 spiro atoms. The number of aryl methyl sites for hydroxylation is 2. The number of benzene rings is 1. The Bertz CT molecular complexity index is 709. The monoisotopic (exact) mass is 291 g/mol. The topological polar surface area (TPSA) is 77.2 Å². The van der Waals surface area contributed by atoms with E-state index in [1.54, 1.807) is 0 Å². The van der Waals surface area contributed by atoms with Crippen LogP contribution < -0.4 is 5.32 Å². The fraction of sp³-hybridized carbons (Fsp3) is 0.214. The third-order valence-electron chi connectivity index (χ3n) is 3.04. The van der Waals surface area contributed by atoms with Gasteiger partial charge in [-0.3, -0.25) is 14.9 Å². The molecule has 0 bridgehead atoms. The smallest absolute Gasteiger partial charge is 0.270 e. The van der Waals surface area contributed by atoms with Crippen LogP contribution in [0.25, 0.3) is 0 Å². The van der Waals surface area contributed by atoms with Gasteiger partial charge in [0.05, 0.1) is 10.5 Å². The number of carbonyl (C=O) groups is 1. The van der Waals surface area contributed by atoms with Crippen LogP contribution in [0.15, 0.2) is 30.6 Å². The predicted molar refractivity (Wildman–Crippen MR) is 74.4 cm³/mol. The summed E-state index contributed by atoms with van der Waals surface area (Å²) in [6.07, 6.45) is 3.63. The second kappa shape index (κ2) is 5.74. The minimum atomic E-state index is -0.744. The fourth-order valence-corrected chi connectivity index (χ4v) is 1.96. The number of nitrogens with one attached hydrogen (secondary N) is 1. The summed E-state index contributed by atoms with van der Waals surface area (Å²) in [5.41, 5.74) is 0.291. The number of hydrogen-bond donors (Lipinski definition) is 1. The summed E-state index contributed by atoms with van der Waals surface area (Å²) in [5, 5.41) is 13.3. The maximum atomic E-state index is 13.9. The lowest BCUT2D eigenvalue weighted by atomic mass is 10.1. The Morgan fingerprint density at radius 3 is 2.76 bits per heavy atom. The summed E-state index contributed by atoms with van der Waals surface area (Å²) in [6.45, 7) is 1.61. The van der Waals surface area contributed by atoms with Crippen molar-refractivity contribution in [2.75, 3.05) is 0 Å². The van der Waals surface area contributed by atoms with Crippen LogP contribution in [-0.2, 0) is 13.6 Å². The van der Waals surface area contributed by atoms with Crippen LogP contribution in [0, 0.1) is 22.9 Å². The van der Waals surface area contributed by atoms with E-state index in [1.165, 1.54) is 6.92 Å². The number of aromatic nitrogens is 1. The van der Waals surface area contributed by atoms with Crippen molar-refractivity contribution < 1.29 is 14.1 Å². The third-order valence-corrected chi connectivity index (χ3v) is 3.04. The van der Waals surface area contributed by atoms with E-state index in [2.05, 4.69) is 5.32 Å². The van der Waals surface area contributed by atoms with Crippen LogP contribution >= 0.6 is 0 Å². The number of nitrogens with zero attached hydrogens (tertiary/aromatic N) is 2. The molecule has 2 rings (SSSR count). The van der Waals surface area contributed by atoms with Gasteiger partial charge in [0.2, 0.25) is 0 Å². The molecular formula is C14H14FN3O3. The molecule has 1 aromatic heterocycles. The van der Waals surface area contributed by atoms with Crippen molar-refractivity contribution in [1.29, 1.82) is 0 Å². The first kappa shape index (κ1) is 14.7. The molecule has 1 amide bonds. The van der Waals surface area contributed by atoms with Gasteiger partial charge < -0.3 is 9.88 Å². The van der Waals surface area contributed by atoms with Gasteiger partial charge in [-0.1, -0.05) is 0 Å². The molecule has 0 unspecified atom stereocenters. The first-order valence-electron chi connectivity index (χ1n) is 6.22. The molecular weight excluding hydrogens is 277 g/mol. The summed E-state index contributed by atoms with van der Waals surface area (Å²) in [4.78, 5) is 22.1. The lowest BCUT2D eigenvalue weighted by molar-refractivity contribution is -0.385. The Kier molecular flexibility index (Phi) is 4.02. The highest BCUT2D eigenvalue weighted by Crippen LogP contribution is 2.21. The number of non-ortho nitro benzene ring substituents is 1. The molecule has 6 nitrogen and oxygen atoms in total. The maximum Gasteiger partial charge on any atom is 0.270 e. The van der Waals surface area contributed by atoms with Gasteiger partial charge in [0.25, 0.3) is 11.6 Å². The molecule has 0 fully saturated rings. The van der Waals surface area contributed by atoms with Crippen molar-refractivity contribution in [1.82, 2.24) is 9.88 Å². The van der Waals surface area contributed by atoms with Crippen molar-refractivity contribution >= 4 is 11.6 Å². The zero-order valence-electron chi connectivity index (χ0n) is 11.6. The van der Waals surface area contributed by atoms with Crippen LogP contribution in [0.2, 0.25) is 0 Å². The average Bonchev–Trinajstić information content (AvgIpc) is 2.84. The molecule has 0 radical (unpaired) electrons. The molecule has 1 aromatic carbocycles. The molecule has 110 valence electrons. The molecule has 0 aliphatic heterocycles. The number of halogens is 1. The van der Waals surface area contributed by atoms with Gasteiger partial charge in [-0.2, -0.15) is 0 Å². The highest BCUT2D eigenvalue weighted by Gasteiger charge is 2.19. The van der Waals surface area contributed by atoms with Gasteiger partial charge in [0, 0.05) is 38.1 Å². The Hall–Kier alpha value is -2.70. The minimum absolute atomic E-state index is 0.0639. The van der Waals surface area contributed by atoms with E-state index in [0.29, 0.717) is 0 Å². The lowest BCUT2D eigenvalue weighted by Crippen LogP contribution is -2.24. The van der Waals surface area contributed by atoms with Crippen LogP contribution in [0.1, 0.15) is 21.5 Å². The van der Waals surface area contributed by atoms with Gasteiger partial charge >= 0.3 is 0 Å². The van der Waals surface area contributed by atoms with Crippen LogP contribution in [-0.4, -0.2) is 15.4 Å². The highest BCUT2D eigenvalue weighted by molar-refractivity contribution is 5.95. The maximum absolute atomic E-state index is 13.9. The van der Waals surface area contributed by atoms with Crippen molar-refractivity contribution in [3.05, 3.63) is 63.2 Å². The molecule has 2 aromatic rings. The number of nitro groups is 1. The van der Waals surface area contributed by atoms with Crippen LogP contribution in [0.3, 0.4) is 0 Å². The van der Waals surface area contributed by atoms with Crippen molar-refractivity contribution in [3.63, 3.8) is 0 Å². The largest absolute Gasteiger partial charge is 0.357 e. The first-order chi connectivity index (χ1) is 9.88. The molecule has 0 saturated carbocycles. The number of carbonyl (C=O) groups excluding carboxylic acids is 1. The minimum Gasteiger partial charge on any atom is -0.357 e. The van der Waals surface area contributed by atoms with E-state index >= 15 is 0 Å². The van der Waals surface area contributed by atoms with Gasteiger partial charge in [-0.25, -0.2) is 4.39 Å². The molecule has 0 aliphatic carbocycles. The summed E-state index contributed by atoms with van der Waals surface area (Å²) in [7, 11) is 1.84. The Labute approximate surface area is 120 Å². The molecule has 0 atom stereocenters. The van der Waals surface area contributed by atoms with E-state index in [1.807, 2.05) is 30.1 Å². The molecule has 1 N–H and O–H groups in total. The quantitative estimate of drug-likeness (QED) is 0.693. The van der Waals surface area contributed by atoms with E-state index in [-0.39, 0.29) is 23.4 Å². The number of amides is 1. The standard InChI is InChI=1S/C14H14FN3O3/c1-9-5-11(18(20)21)6-12(13(9)15)14(19)16-7-10-3-4-17(2)8-10/h3-6,8H,7H2,1-2H3,(H,16,19). The van der Waals surface area contributed by atoms with Crippen molar-refractivity contribution in [3.8, 4) is 0 Å². The fourth-order valence-electron chi connectivity index (χ4n) is 1.96. The number of nitro benzene ring substituents is 1. The zero-order chi connectivity index (χ0) is 15.6. The van der Waals surface area contributed by atoms with E-state index < -0.39 is 16.6 Å². The van der Waals surface area contributed by atoms with Gasteiger partial charge in [0.15, 0.2) is 0 Å². The summed E-state index contributed by atoms with van der Waals surface area (Å²) >= 11 is 0. The molecule has 21 heavy (non-hydrogen) atoms. The van der Waals surface area contributed by atoms with E-state index in [9.17, 15) is 19.3 Å². The molecule has 0 aliphatic rings. The predicted octanol–water partition coefficient (Wildman–Crippen LogP) is 2.31. The lowest BCUT2D eigenvalue weighted by Gasteiger charge is -2.07. The number of hydrogen-bond acceptors (Lipinski definition) is 3. The Morgan fingerprint density at radius 2 is 2.19 bits per heavy atom. The first-order valence-corrected chi connectivity index (χ1v) is 6.22. The third kappa shape index (κ3) is 3.25. The second-order valence-corrected chi connectivity index (χ2v) is 4.75. The van der Waals surface area contributed by atoms with Crippen molar-refractivity contribution in [2.24, 2.45) is 7.05 Å². The normalized spacial score (nSPS) is 10.4. The zero-order valence-corrected chi connectivity index (χ0v) is 11.6. The number of rotatable bonds is 4. The van der Waals surface area contributed by atoms with Gasteiger partial charge in [0.1, 0.15) is 5.82 Å². The van der Waals surface area contributed by atoms with E-state index in [0.717, 1.165) is 17.7 Å². The van der Waals surface area contributed by atoms with E-state index in [4.69, 9.17) is 0 Å². The van der Waals surface area contributed by atoms with Crippen molar-refractivity contribution in [2.45, 2.75) is 13.5 Å². The summed E-state index contributed by atoms with van der Waals surface area (Å²) < 4.78 is 15.8. The second-order valence-electron chi connectivity index (χ2n) is 4.75. The molecule has 0 saturated heterocycles. The van der Waals surface area contributed by atoms with Crippen LogP contribution in [0.4, 0.5) is 10.1 Å². The SMILES string of the molecule is Cc1cc([N+](=O)[O-])cc(C(=O)NCc2ccn(C)c2)c1F. The van der Waals surface area contributed by atoms with Gasteiger partial charge in [-0.05, 0) is 24.1 Å². The Balaban J connectivity index is 2.20. The van der Waals surface area contributed by atoms with Crippen LogP contribution in [0.5, 0.6) is 0 Å². The van der Waals surface area contributed by atoms with Gasteiger partial charge in [-0.15, -0.1) is 0 Å². The average molecular weight is 291 g/mol. The molecule has 7 heteroatoms. The summed E-state index contributed by atoms with van der Waals surface area (Å²) in [6, 6.07) is 3.86. The molecule has 1 heterocycles. The summed E-state index contributed by atoms with van der Waals surface area (Å²) in [5.74, 6) is -1.42.